The predicted molar refractivity (Wildman–Crippen MR) is 60.1 cm³/mol. The van der Waals surface area contributed by atoms with Crippen molar-refractivity contribution in [3.8, 4) is 0 Å². The number of benzene rings is 1. The Morgan fingerprint density at radius 2 is 2.00 bits per heavy atom. The molecular weight excluding hydrogens is 208 g/mol. The Bertz CT molecular complexity index is 470. The van der Waals surface area contributed by atoms with Gasteiger partial charge in [0.1, 0.15) is 0 Å². The van der Waals surface area contributed by atoms with Crippen LogP contribution in [0.25, 0.3) is 0 Å². The van der Waals surface area contributed by atoms with Crippen molar-refractivity contribution in [1.29, 1.82) is 0 Å². The lowest BCUT2D eigenvalue weighted by Gasteiger charge is -2.33. The highest BCUT2D eigenvalue weighted by Crippen LogP contribution is 2.32. The van der Waals surface area contributed by atoms with Gasteiger partial charge in [0.2, 0.25) is 5.91 Å². The van der Waals surface area contributed by atoms with Gasteiger partial charge in [-0.2, -0.15) is 0 Å². The molecule has 0 saturated carbocycles. The summed E-state index contributed by atoms with van der Waals surface area (Å²) in [6.07, 6.45) is 0. The van der Waals surface area contributed by atoms with Crippen LogP contribution in [0, 0.1) is 0 Å². The van der Waals surface area contributed by atoms with Crippen molar-refractivity contribution >= 4 is 23.3 Å². The minimum atomic E-state index is -0.962. The van der Waals surface area contributed by atoms with Gasteiger partial charge in [0.15, 0.2) is 0 Å². The highest BCUT2D eigenvalue weighted by molar-refractivity contribution is 6.04. The molecule has 16 heavy (non-hydrogen) atoms. The van der Waals surface area contributed by atoms with E-state index in [9.17, 15) is 9.59 Å². The van der Waals surface area contributed by atoms with Crippen LogP contribution in [0.1, 0.15) is 10.4 Å². The number of hydrogen-bond acceptors (Lipinski definition) is 3. The van der Waals surface area contributed by atoms with Crippen molar-refractivity contribution < 1.29 is 14.7 Å². The molecule has 0 aromatic heterocycles. The number of carboxylic acid groups (broad SMARTS) is 1. The maximum absolute atomic E-state index is 11.6. The van der Waals surface area contributed by atoms with Crippen molar-refractivity contribution in [2.45, 2.75) is 0 Å². The topological polar surface area (TPSA) is 60.9 Å². The lowest BCUT2D eigenvalue weighted by molar-refractivity contribution is -0.117. The fraction of sp³-hybridized carbons (Fsp3) is 0.273. The van der Waals surface area contributed by atoms with Crippen LogP contribution < -0.4 is 9.80 Å². The Morgan fingerprint density at radius 1 is 1.31 bits per heavy atom. The highest BCUT2D eigenvalue weighted by Gasteiger charge is 2.25. The molecule has 0 atom stereocenters. The van der Waals surface area contributed by atoms with E-state index in [2.05, 4.69) is 0 Å². The largest absolute Gasteiger partial charge is 0.478 e. The molecule has 1 heterocycles. The molecule has 5 nitrogen and oxygen atoms in total. The van der Waals surface area contributed by atoms with Crippen molar-refractivity contribution in [1.82, 2.24) is 0 Å². The standard InChI is InChI=1S/C11H12N2O3/c1-12-6-10(14)13(2)8-4-3-7(11(15)16)5-9(8)12/h3-5H,6H2,1-2H3,(H,15,16). The molecule has 5 heteroatoms. The van der Waals surface area contributed by atoms with Gasteiger partial charge < -0.3 is 14.9 Å². The normalized spacial score (nSPS) is 15.0. The molecule has 0 fully saturated rings. The Hall–Kier alpha value is -2.04. The van der Waals surface area contributed by atoms with Crippen LogP contribution in [-0.4, -0.2) is 37.6 Å². The van der Waals surface area contributed by atoms with Crippen LogP contribution in [0.3, 0.4) is 0 Å². The lowest BCUT2D eigenvalue weighted by atomic mass is 10.1. The van der Waals surface area contributed by atoms with E-state index < -0.39 is 5.97 Å². The van der Waals surface area contributed by atoms with Crippen molar-refractivity contribution in [2.75, 3.05) is 30.4 Å². The van der Waals surface area contributed by atoms with E-state index in [4.69, 9.17) is 5.11 Å². The highest BCUT2D eigenvalue weighted by atomic mass is 16.4. The minimum absolute atomic E-state index is 0.00178. The van der Waals surface area contributed by atoms with Gasteiger partial charge in [-0.05, 0) is 18.2 Å². The zero-order valence-corrected chi connectivity index (χ0v) is 9.10. The summed E-state index contributed by atoms with van der Waals surface area (Å²) < 4.78 is 0. The molecule has 1 aromatic carbocycles. The predicted octanol–water partition coefficient (Wildman–Crippen LogP) is 0.797. The van der Waals surface area contributed by atoms with E-state index in [-0.39, 0.29) is 18.0 Å². The van der Waals surface area contributed by atoms with Crippen LogP contribution in [0.15, 0.2) is 18.2 Å². The van der Waals surface area contributed by atoms with Gasteiger partial charge in [0.25, 0.3) is 0 Å². The number of carbonyl (C=O) groups is 2. The first-order valence-electron chi connectivity index (χ1n) is 4.85. The number of nitrogens with zero attached hydrogens (tertiary/aromatic N) is 2. The molecule has 0 unspecified atom stereocenters. The molecule has 0 bridgehead atoms. The number of carboxylic acids is 1. The third kappa shape index (κ3) is 1.50. The fourth-order valence-electron chi connectivity index (χ4n) is 1.77. The molecule has 2 rings (SSSR count). The summed E-state index contributed by atoms with van der Waals surface area (Å²) in [6, 6.07) is 4.75. The van der Waals surface area contributed by atoms with E-state index in [0.29, 0.717) is 0 Å². The molecule has 0 spiro atoms. The quantitative estimate of drug-likeness (QED) is 0.760. The van der Waals surface area contributed by atoms with Gasteiger partial charge in [0, 0.05) is 14.1 Å². The summed E-state index contributed by atoms with van der Waals surface area (Å²) in [4.78, 5) is 25.7. The summed E-state index contributed by atoms with van der Waals surface area (Å²) in [5.41, 5.74) is 1.74. The van der Waals surface area contributed by atoms with E-state index in [0.717, 1.165) is 11.4 Å². The summed E-state index contributed by atoms with van der Waals surface area (Å²) >= 11 is 0. The monoisotopic (exact) mass is 220 g/mol. The van der Waals surface area contributed by atoms with Crippen LogP contribution in [-0.2, 0) is 4.79 Å². The van der Waals surface area contributed by atoms with E-state index in [1.165, 1.54) is 6.07 Å². The van der Waals surface area contributed by atoms with Gasteiger partial charge in [-0.1, -0.05) is 0 Å². The van der Waals surface area contributed by atoms with E-state index in [1.807, 2.05) is 0 Å². The Labute approximate surface area is 92.9 Å². The average Bonchev–Trinajstić information content (AvgIpc) is 2.25. The van der Waals surface area contributed by atoms with Crippen molar-refractivity contribution in [2.24, 2.45) is 0 Å². The van der Waals surface area contributed by atoms with E-state index >= 15 is 0 Å². The maximum atomic E-state index is 11.6. The van der Waals surface area contributed by atoms with Crippen LogP contribution in [0.5, 0.6) is 0 Å². The van der Waals surface area contributed by atoms with Gasteiger partial charge >= 0.3 is 5.97 Å². The second kappa shape index (κ2) is 3.52. The molecule has 0 aliphatic carbocycles. The number of amides is 1. The van der Waals surface area contributed by atoms with Gasteiger partial charge in [-0.25, -0.2) is 4.79 Å². The number of aromatic carboxylic acids is 1. The lowest BCUT2D eigenvalue weighted by Crippen LogP contribution is -2.42. The van der Waals surface area contributed by atoms with Crippen LogP contribution >= 0.6 is 0 Å². The first-order chi connectivity index (χ1) is 7.50. The van der Waals surface area contributed by atoms with Gasteiger partial charge in [0.05, 0.1) is 23.5 Å². The van der Waals surface area contributed by atoms with Crippen LogP contribution in [0.4, 0.5) is 11.4 Å². The fourth-order valence-corrected chi connectivity index (χ4v) is 1.77. The molecule has 84 valence electrons. The molecule has 0 radical (unpaired) electrons. The third-order valence-electron chi connectivity index (χ3n) is 2.74. The maximum Gasteiger partial charge on any atom is 0.335 e. The zero-order chi connectivity index (χ0) is 11.9. The first-order valence-corrected chi connectivity index (χ1v) is 4.85. The number of fused-ring (bicyclic) bond motifs is 1. The first kappa shape index (κ1) is 10.5. The summed E-state index contributed by atoms with van der Waals surface area (Å²) in [7, 11) is 3.46. The smallest absolute Gasteiger partial charge is 0.335 e. The van der Waals surface area contributed by atoms with E-state index in [1.54, 1.807) is 36.0 Å². The number of anilines is 2. The van der Waals surface area contributed by atoms with Crippen molar-refractivity contribution in [3.63, 3.8) is 0 Å². The number of likely N-dealkylation sites (N-methyl/N-ethyl adjacent to an activating group) is 2. The van der Waals surface area contributed by atoms with Gasteiger partial charge in [-0.3, -0.25) is 4.79 Å². The Morgan fingerprint density at radius 3 is 2.62 bits per heavy atom. The average molecular weight is 220 g/mol. The summed E-state index contributed by atoms with van der Waals surface area (Å²) in [6.45, 7) is 0.270. The van der Waals surface area contributed by atoms with Crippen molar-refractivity contribution in [3.05, 3.63) is 23.8 Å². The second-order valence-electron chi connectivity index (χ2n) is 3.82. The second-order valence-corrected chi connectivity index (χ2v) is 3.82. The molecule has 1 aliphatic rings. The molecule has 1 aromatic rings. The van der Waals surface area contributed by atoms with Gasteiger partial charge in [-0.15, -0.1) is 0 Å². The number of hydrogen-bond donors (Lipinski definition) is 1. The minimum Gasteiger partial charge on any atom is -0.478 e. The van der Waals surface area contributed by atoms with Crippen LogP contribution in [0.2, 0.25) is 0 Å². The number of rotatable bonds is 1. The zero-order valence-electron chi connectivity index (χ0n) is 9.10. The molecule has 0 saturated heterocycles. The summed E-state index contributed by atoms with van der Waals surface area (Å²) in [5.74, 6) is -0.964. The summed E-state index contributed by atoms with van der Waals surface area (Å²) in [5, 5.41) is 8.89. The Balaban J connectivity index is 2.54. The molecule has 1 N–H and O–H groups in total. The number of carbonyl (C=O) groups excluding carboxylic acids is 1. The SMILES string of the molecule is CN1CC(=O)N(C)c2ccc(C(=O)O)cc21. The third-order valence-corrected chi connectivity index (χ3v) is 2.74. The molecule has 1 aliphatic heterocycles. The Kier molecular flexibility index (Phi) is 2.30. The molecule has 1 amide bonds. The molecular formula is C11H12N2O3.